The molecule has 0 saturated heterocycles. The average molecular weight is 833 g/mol. The maximum Gasteiger partial charge on any atom is 0.261 e. The Morgan fingerprint density at radius 1 is 0.312 bits per heavy atom. The zero-order valence-electron chi connectivity index (χ0n) is 33.4. The fourth-order valence-electron chi connectivity index (χ4n) is 11.3. The average Bonchev–Trinajstić information content (AvgIpc) is 3.30. The molecular formula is C52H24N4O8. The standard InChI is InChI=1S/C52H24N4O8/c1-55-49(61)30-14-7-22-23-6-12-29-40-33(48(60)54-47(29)59)17-19(35(43(23)40)26-10-16-31(50(55)62)41(30)38(22)26)3-4-20-18-34-42-32(51(63)56(2)52(34)64)15-8-24-21-5-11-27-39-28(46(58)53-45(27)57)13-9-25(37(21)39)36(20)44(24)42/h3-18H,1-2H3,(H,53,57,58)(H,54,59,60)/b4-3+. The van der Waals surface area contributed by atoms with Crippen LogP contribution in [0.15, 0.2) is 84.9 Å². The van der Waals surface area contributed by atoms with Crippen molar-refractivity contribution in [3.63, 3.8) is 0 Å². The van der Waals surface area contributed by atoms with Gasteiger partial charge in [-0.3, -0.25) is 58.8 Å². The molecule has 2 N–H and O–H groups in total. The first kappa shape index (κ1) is 34.8. The van der Waals surface area contributed by atoms with E-state index in [4.69, 9.17) is 0 Å². The molecule has 4 heterocycles. The van der Waals surface area contributed by atoms with Gasteiger partial charge in [0.2, 0.25) is 0 Å². The lowest BCUT2D eigenvalue weighted by Crippen LogP contribution is -2.37. The van der Waals surface area contributed by atoms with Gasteiger partial charge in [0.15, 0.2) is 0 Å². The Morgan fingerprint density at radius 2 is 0.609 bits per heavy atom. The maximum absolute atomic E-state index is 14.1. The molecule has 64 heavy (non-hydrogen) atoms. The number of nitrogens with one attached hydrogen (secondary N) is 2. The number of amides is 8. The van der Waals surface area contributed by atoms with E-state index < -0.39 is 47.3 Å². The van der Waals surface area contributed by atoms with Crippen LogP contribution in [0.4, 0.5) is 0 Å². The van der Waals surface area contributed by atoms with E-state index in [0.717, 1.165) is 31.3 Å². The fraction of sp³-hybridized carbons (Fsp3) is 0.0385. The topological polar surface area (TPSA) is 167 Å². The Bertz CT molecular complexity index is 4180. The van der Waals surface area contributed by atoms with E-state index in [0.29, 0.717) is 115 Å². The maximum atomic E-state index is 14.1. The number of hydrogen-bond donors (Lipinski definition) is 2. The smallest absolute Gasteiger partial charge is 0.261 e. The van der Waals surface area contributed by atoms with E-state index >= 15 is 0 Å². The molecule has 14 rings (SSSR count). The van der Waals surface area contributed by atoms with Crippen LogP contribution in [0.3, 0.4) is 0 Å². The van der Waals surface area contributed by atoms with Gasteiger partial charge in [-0.05, 0) is 124 Å². The van der Waals surface area contributed by atoms with Crippen molar-refractivity contribution in [2.24, 2.45) is 0 Å². The van der Waals surface area contributed by atoms with Crippen LogP contribution in [0.25, 0.3) is 98.3 Å². The molecule has 0 aliphatic carbocycles. The summed E-state index contributed by atoms with van der Waals surface area (Å²) >= 11 is 0. The lowest BCUT2D eigenvalue weighted by Gasteiger charge is -2.27. The molecular weight excluding hydrogens is 809 g/mol. The van der Waals surface area contributed by atoms with E-state index in [1.54, 1.807) is 48.5 Å². The molecule has 0 unspecified atom stereocenters. The number of rotatable bonds is 2. The van der Waals surface area contributed by atoms with E-state index in [1.807, 2.05) is 48.6 Å². The van der Waals surface area contributed by atoms with Gasteiger partial charge in [0.05, 0.1) is 0 Å². The van der Waals surface area contributed by atoms with Gasteiger partial charge in [-0.2, -0.15) is 0 Å². The van der Waals surface area contributed by atoms with Crippen molar-refractivity contribution in [1.29, 1.82) is 0 Å². The molecule has 10 aromatic carbocycles. The summed E-state index contributed by atoms with van der Waals surface area (Å²) < 4.78 is 0. The highest BCUT2D eigenvalue weighted by Crippen LogP contribution is 2.50. The lowest BCUT2D eigenvalue weighted by atomic mass is 9.80. The van der Waals surface area contributed by atoms with Crippen molar-refractivity contribution in [1.82, 2.24) is 20.4 Å². The third kappa shape index (κ3) is 3.83. The molecule has 0 aromatic heterocycles. The molecule has 12 heteroatoms. The van der Waals surface area contributed by atoms with Crippen LogP contribution in [0, 0.1) is 0 Å². The molecule has 12 nitrogen and oxygen atoms in total. The summed E-state index contributed by atoms with van der Waals surface area (Å²) in [6, 6.07) is 24.7. The zero-order valence-corrected chi connectivity index (χ0v) is 33.4. The normalized spacial score (nSPS) is 16.0. The monoisotopic (exact) mass is 832 g/mol. The predicted molar refractivity (Wildman–Crippen MR) is 241 cm³/mol. The molecule has 4 aliphatic rings. The van der Waals surface area contributed by atoms with Crippen molar-refractivity contribution in [3.8, 4) is 0 Å². The van der Waals surface area contributed by atoms with Crippen LogP contribution in [-0.2, 0) is 0 Å². The first-order valence-electron chi connectivity index (χ1n) is 20.5. The van der Waals surface area contributed by atoms with Gasteiger partial charge in [0, 0.05) is 80.1 Å². The minimum atomic E-state index is -0.568. The van der Waals surface area contributed by atoms with Crippen LogP contribution in [0.1, 0.15) is 94.0 Å². The Labute approximate surface area is 357 Å². The van der Waals surface area contributed by atoms with E-state index in [1.165, 1.54) is 14.1 Å². The molecule has 0 fully saturated rings. The van der Waals surface area contributed by atoms with E-state index in [-0.39, 0.29) is 5.56 Å². The van der Waals surface area contributed by atoms with Crippen molar-refractivity contribution < 1.29 is 38.4 Å². The first-order chi connectivity index (χ1) is 30.9. The number of hydrogen-bond acceptors (Lipinski definition) is 8. The molecule has 10 aromatic rings. The van der Waals surface area contributed by atoms with Gasteiger partial charge in [0.25, 0.3) is 47.3 Å². The van der Waals surface area contributed by atoms with Crippen molar-refractivity contribution in [2.75, 3.05) is 14.1 Å². The molecule has 8 amide bonds. The second-order valence-corrected chi connectivity index (χ2v) is 17.0. The number of imide groups is 4. The third-order valence-corrected chi connectivity index (χ3v) is 14.1. The summed E-state index contributed by atoms with van der Waals surface area (Å²) in [5, 5.41) is 15.3. The largest absolute Gasteiger partial charge is 0.288 e. The van der Waals surface area contributed by atoms with E-state index in [9.17, 15) is 38.4 Å². The Morgan fingerprint density at radius 3 is 1.05 bits per heavy atom. The summed E-state index contributed by atoms with van der Waals surface area (Å²) in [4.78, 5) is 111. The minimum absolute atomic E-state index is 0.282. The molecule has 0 spiro atoms. The van der Waals surface area contributed by atoms with Gasteiger partial charge < -0.3 is 0 Å². The first-order valence-corrected chi connectivity index (χ1v) is 20.5. The molecule has 4 aliphatic heterocycles. The Hall–Kier alpha value is -8.90. The number of nitrogens with zero attached hydrogens (tertiary/aromatic N) is 2. The van der Waals surface area contributed by atoms with Crippen LogP contribution in [-0.4, -0.2) is 71.2 Å². The summed E-state index contributed by atoms with van der Waals surface area (Å²) in [6.45, 7) is 0. The highest BCUT2D eigenvalue weighted by molar-refractivity contribution is 6.44. The van der Waals surface area contributed by atoms with Gasteiger partial charge in [0.1, 0.15) is 0 Å². The lowest BCUT2D eigenvalue weighted by molar-refractivity contribution is 0.0635. The SMILES string of the molecule is CN1C(=O)c2ccc3c4ccc5c6c(cc(/C=C/c7cc8c9c(ccc%10c%11ccc%12c%13c(ccc(c7c9%10)c%13%11)C(=O)NC%12=O)C(=O)N(C)C8=O)c(c7ccc(c2c37)C1=O)c64)C(=O)NC5=O. The van der Waals surface area contributed by atoms with Gasteiger partial charge >= 0.3 is 0 Å². The quantitative estimate of drug-likeness (QED) is 0.0762. The molecule has 300 valence electrons. The van der Waals surface area contributed by atoms with Crippen molar-refractivity contribution in [2.45, 2.75) is 0 Å². The number of fused-ring (bicyclic) bond motifs is 4. The second kappa shape index (κ2) is 11.1. The highest BCUT2D eigenvalue weighted by atomic mass is 16.2. The second-order valence-electron chi connectivity index (χ2n) is 17.0. The minimum Gasteiger partial charge on any atom is -0.288 e. The Kier molecular flexibility index (Phi) is 6.04. The van der Waals surface area contributed by atoms with Crippen molar-refractivity contribution in [3.05, 3.63) is 141 Å². The van der Waals surface area contributed by atoms with Crippen molar-refractivity contribution >= 4 is 146 Å². The predicted octanol–water partition coefficient (Wildman–Crippen LogP) is 8.18. The molecule has 0 saturated carbocycles. The van der Waals surface area contributed by atoms with Crippen LogP contribution in [0.2, 0.25) is 0 Å². The highest BCUT2D eigenvalue weighted by Gasteiger charge is 2.36. The molecule has 0 atom stereocenters. The van der Waals surface area contributed by atoms with Crippen LogP contribution in [0.5, 0.6) is 0 Å². The Balaban J connectivity index is 1.15. The number of carbonyl (C=O) groups is 8. The van der Waals surface area contributed by atoms with Crippen LogP contribution < -0.4 is 10.6 Å². The zero-order chi connectivity index (χ0) is 43.5. The summed E-state index contributed by atoms with van der Waals surface area (Å²) in [5.74, 6) is -3.90. The van der Waals surface area contributed by atoms with Crippen LogP contribution >= 0.6 is 0 Å². The number of benzene rings is 10. The van der Waals surface area contributed by atoms with E-state index in [2.05, 4.69) is 10.6 Å². The van der Waals surface area contributed by atoms with Gasteiger partial charge in [-0.1, -0.05) is 48.6 Å². The fourth-order valence-corrected chi connectivity index (χ4v) is 11.3. The molecule has 0 bridgehead atoms. The summed E-state index contributed by atoms with van der Waals surface area (Å²) in [5.41, 5.74) is 3.90. The molecule has 0 radical (unpaired) electrons. The van der Waals surface area contributed by atoms with Gasteiger partial charge in [-0.15, -0.1) is 0 Å². The summed E-state index contributed by atoms with van der Waals surface area (Å²) in [7, 11) is 2.90. The third-order valence-electron chi connectivity index (χ3n) is 14.1. The summed E-state index contributed by atoms with van der Waals surface area (Å²) in [6.07, 6.45) is 3.70. The number of carbonyl (C=O) groups excluding carboxylic acids is 8. The van der Waals surface area contributed by atoms with Gasteiger partial charge in [-0.25, -0.2) is 0 Å².